The third kappa shape index (κ3) is 0.847. The van der Waals surface area contributed by atoms with Gasteiger partial charge in [-0.3, -0.25) is 0 Å². The first-order valence-electron chi connectivity index (χ1n) is 3.53. The number of aliphatic hydroxyl groups is 1. The molecule has 0 aromatic rings. The molecule has 0 fully saturated rings. The van der Waals surface area contributed by atoms with Crippen molar-refractivity contribution in [2.75, 3.05) is 6.61 Å². The van der Waals surface area contributed by atoms with Crippen molar-refractivity contribution in [2.24, 2.45) is 0 Å². The zero-order chi connectivity index (χ0) is 6.97. The fourth-order valence-corrected chi connectivity index (χ4v) is 1.50. The van der Waals surface area contributed by atoms with Crippen molar-refractivity contribution in [3.8, 4) is 0 Å². The highest BCUT2D eigenvalue weighted by molar-refractivity contribution is 5.33. The second-order valence-electron chi connectivity index (χ2n) is 2.80. The van der Waals surface area contributed by atoms with Gasteiger partial charge in [-0.2, -0.15) is 0 Å². The molecule has 0 spiro atoms. The minimum Gasteiger partial charge on any atom is -0.497 e. The molecule has 2 nitrogen and oxygen atoms in total. The van der Waals surface area contributed by atoms with Crippen LogP contribution in [-0.2, 0) is 4.74 Å². The first kappa shape index (κ1) is 5.98. The molecule has 0 amide bonds. The second-order valence-corrected chi connectivity index (χ2v) is 2.80. The average Bonchev–Trinajstić information content (AvgIpc) is 2.27. The molecule has 0 saturated heterocycles. The van der Waals surface area contributed by atoms with Gasteiger partial charge in [-0.15, -0.1) is 0 Å². The Labute approximate surface area is 59.8 Å². The second kappa shape index (κ2) is 2.13. The number of rotatable bonds is 0. The molecule has 2 rings (SSSR count). The Morgan fingerprint density at radius 3 is 3.20 bits per heavy atom. The predicted octanol–water partition coefficient (Wildman–Crippen LogP) is 0.982. The van der Waals surface area contributed by atoms with E-state index in [9.17, 15) is 5.11 Å². The quantitative estimate of drug-likeness (QED) is 0.540. The first-order chi connectivity index (χ1) is 4.86. The van der Waals surface area contributed by atoms with E-state index in [1.807, 2.05) is 6.08 Å². The summed E-state index contributed by atoms with van der Waals surface area (Å²) in [4.78, 5) is 0. The van der Waals surface area contributed by atoms with E-state index >= 15 is 0 Å². The van der Waals surface area contributed by atoms with E-state index in [-0.39, 0.29) is 6.10 Å². The van der Waals surface area contributed by atoms with Gasteiger partial charge in [0.25, 0.3) is 0 Å². The highest BCUT2D eigenvalue weighted by Gasteiger charge is 2.22. The van der Waals surface area contributed by atoms with E-state index in [0.717, 1.165) is 12.8 Å². The molecule has 2 aliphatic rings. The zero-order valence-electron chi connectivity index (χ0n) is 5.71. The van der Waals surface area contributed by atoms with Crippen molar-refractivity contribution in [1.29, 1.82) is 0 Å². The monoisotopic (exact) mass is 138 g/mol. The Morgan fingerprint density at radius 2 is 2.40 bits per heavy atom. The minimum atomic E-state index is -0.156. The fourth-order valence-electron chi connectivity index (χ4n) is 1.50. The van der Waals surface area contributed by atoms with Crippen LogP contribution in [0.5, 0.6) is 0 Å². The Balaban J connectivity index is 2.21. The maximum Gasteiger partial charge on any atom is 0.109 e. The highest BCUT2D eigenvalue weighted by Crippen LogP contribution is 2.29. The molecular formula is C8H10O2. The molecule has 1 aliphatic carbocycles. The molecule has 0 bridgehead atoms. The summed E-state index contributed by atoms with van der Waals surface area (Å²) in [6.45, 7) is 0.683. The van der Waals surface area contributed by atoms with Crippen molar-refractivity contribution in [2.45, 2.75) is 18.9 Å². The average molecular weight is 138 g/mol. The van der Waals surface area contributed by atoms with Gasteiger partial charge in [0.2, 0.25) is 0 Å². The van der Waals surface area contributed by atoms with Gasteiger partial charge in [-0.05, 0) is 30.1 Å². The summed E-state index contributed by atoms with van der Waals surface area (Å²) in [6.07, 6.45) is 5.12. The van der Waals surface area contributed by atoms with E-state index in [4.69, 9.17) is 4.74 Å². The molecular weight excluding hydrogens is 128 g/mol. The lowest BCUT2D eigenvalue weighted by Crippen LogP contribution is -2.00. The number of ether oxygens (including phenoxy) is 1. The summed E-state index contributed by atoms with van der Waals surface area (Å²) in [5.74, 6) is 0. The van der Waals surface area contributed by atoms with Gasteiger partial charge in [0.05, 0.1) is 12.4 Å². The Morgan fingerprint density at radius 1 is 1.50 bits per heavy atom. The lowest BCUT2D eigenvalue weighted by Gasteiger charge is -2.07. The van der Waals surface area contributed by atoms with Crippen molar-refractivity contribution in [3.63, 3.8) is 0 Å². The van der Waals surface area contributed by atoms with Gasteiger partial charge < -0.3 is 9.84 Å². The fraction of sp³-hybridized carbons (Fsp3) is 0.500. The summed E-state index contributed by atoms with van der Waals surface area (Å²) in [7, 11) is 0. The maximum atomic E-state index is 9.23. The normalized spacial score (nSPS) is 30.3. The molecule has 1 aliphatic heterocycles. The van der Waals surface area contributed by atoms with Crippen LogP contribution in [0.4, 0.5) is 0 Å². The first-order valence-corrected chi connectivity index (χ1v) is 3.53. The number of allylic oxidation sites excluding steroid dienone is 1. The molecule has 1 N–H and O–H groups in total. The topological polar surface area (TPSA) is 29.5 Å². The highest BCUT2D eigenvalue weighted by atomic mass is 16.5. The van der Waals surface area contributed by atoms with Gasteiger partial charge >= 0.3 is 0 Å². The summed E-state index contributed by atoms with van der Waals surface area (Å²) in [5.41, 5.74) is 2.55. The summed E-state index contributed by atoms with van der Waals surface area (Å²) in [6, 6.07) is 0. The van der Waals surface area contributed by atoms with Gasteiger partial charge in [0.15, 0.2) is 0 Å². The molecule has 0 radical (unpaired) electrons. The Kier molecular flexibility index (Phi) is 1.27. The minimum absolute atomic E-state index is 0.156. The number of aliphatic hydroxyl groups excluding tert-OH is 1. The molecule has 2 heteroatoms. The van der Waals surface area contributed by atoms with Gasteiger partial charge in [0, 0.05) is 0 Å². The summed E-state index contributed by atoms with van der Waals surface area (Å²) in [5, 5.41) is 9.23. The van der Waals surface area contributed by atoms with E-state index in [0.29, 0.717) is 6.61 Å². The van der Waals surface area contributed by atoms with Crippen LogP contribution in [0.1, 0.15) is 12.8 Å². The molecule has 0 saturated carbocycles. The standard InChI is InChI=1S/C8H10O2/c9-8-3-6-1-2-10-5-7(6)4-8/h1-2,8-9H,3-5H2. The molecule has 1 unspecified atom stereocenters. The van der Waals surface area contributed by atoms with Gasteiger partial charge in [-0.1, -0.05) is 0 Å². The lowest BCUT2D eigenvalue weighted by atomic mass is 10.1. The van der Waals surface area contributed by atoms with Crippen LogP contribution in [0.25, 0.3) is 0 Å². The lowest BCUT2D eigenvalue weighted by molar-refractivity contribution is 0.183. The van der Waals surface area contributed by atoms with Crippen molar-refractivity contribution in [3.05, 3.63) is 23.5 Å². The number of hydrogen-bond acceptors (Lipinski definition) is 2. The molecule has 0 aromatic heterocycles. The van der Waals surface area contributed by atoms with Crippen LogP contribution in [-0.4, -0.2) is 17.8 Å². The van der Waals surface area contributed by atoms with Crippen LogP contribution < -0.4 is 0 Å². The third-order valence-corrected chi connectivity index (χ3v) is 2.01. The molecule has 54 valence electrons. The van der Waals surface area contributed by atoms with E-state index in [1.54, 1.807) is 6.26 Å². The molecule has 10 heavy (non-hydrogen) atoms. The molecule has 1 atom stereocenters. The SMILES string of the molecule is OC1CC2=C(COC=C2)C1. The van der Waals surface area contributed by atoms with Crippen LogP contribution in [0.15, 0.2) is 23.5 Å². The van der Waals surface area contributed by atoms with Gasteiger partial charge in [-0.25, -0.2) is 0 Å². The molecule has 1 heterocycles. The largest absolute Gasteiger partial charge is 0.497 e. The van der Waals surface area contributed by atoms with Crippen molar-refractivity contribution in [1.82, 2.24) is 0 Å². The maximum absolute atomic E-state index is 9.23. The van der Waals surface area contributed by atoms with Crippen LogP contribution in [0.2, 0.25) is 0 Å². The Bertz CT molecular complexity index is 203. The number of hydrogen-bond donors (Lipinski definition) is 1. The van der Waals surface area contributed by atoms with E-state index in [2.05, 4.69) is 0 Å². The zero-order valence-corrected chi connectivity index (χ0v) is 5.71. The van der Waals surface area contributed by atoms with Crippen molar-refractivity contribution >= 4 is 0 Å². The molecule has 0 aromatic carbocycles. The van der Waals surface area contributed by atoms with Crippen molar-refractivity contribution < 1.29 is 9.84 Å². The predicted molar refractivity (Wildman–Crippen MR) is 37.4 cm³/mol. The van der Waals surface area contributed by atoms with Gasteiger partial charge in [0.1, 0.15) is 6.61 Å². The Hall–Kier alpha value is -0.760. The summed E-state index contributed by atoms with van der Waals surface area (Å²) < 4.78 is 5.08. The van der Waals surface area contributed by atoms with Crippen LogP contribution in [0, 0.1) is 0 Å². The van der Waals surface area contributed by atoms with E-state index < -0.39 is 0 Å². The van der Waals surface area contributed by atoms with Crippen LogP contribution in [0.3, 0.4) is 0 Å². The third-order valence-electron chi connectivity index (χ3n) is 2.01. The van der Waals surface area contributed by atoms with E-state index in [1.165, 1.54) is 11.1 Å². The van der Waals surface area contributed by atoms with Crippen LogP contribution >= 0.6 is 0 Å². The smallest absolute Gasteiger partial charge is 0.109 e. The summed E-state index contributed by atoms with van der Waals surface area (Å²) >= 11 is 0.